The third kappa shape index (κ3) is 7.62. The van der Waals surface area contributed by atoms with Gasteiger partial charge in [-0.15, -0.1) is 0 Å². The number of urea groups is 1. The Morgan fingerprint density at radius 1 is 1.02 bits per heavy atom. The predicted octanol–water partition coefficient (Wildman–Crippen LogP) is 5.93. The Morgan fingerprint density at radius 3 is 2.52 bits per heavy atom. The number of nitrogens with zero attached hydrogens (tertiary/aromatic N) is 4. The van der Waals surface area contributed by atoms with E-state index in [2.05, 4.69) is 37.5 Å². The Labute approximate surface area is 246 Å². The molecule has 1 fully saturated rings. The second-order valence-electron chi connectivity index (χ2n) is 11.4. The number of fused-ring (bicyclic) bond motifs is 1. The van der Waals surface area contributed by atoms with Crippen LogP contribution in [0.1, 0.15) is 63.5 Å². The normalized spacial score (nSPS) is 13.8. The van der Waals surface area contributed by atoms with Crippen molar-refractivity contribution in [3.05, 3.63) is 65.8 Å². The number of anilines is 2. The summed E-state index contributed by atoms with van der Waals surface area (Å²) in [6.07, 6.45) is 8.67. The molecular weight excluding hydrogens is 532 g/mol. The van der Waals surface area contributed by atoms with E-state index in [9.17, 15) is 4.79 Å². The number of likely N-dealkylation sites (tertiary alicyclic amines) is 1. The van der Waals surface area contributed by atoms with Crippen molar-refractivity contribution in [2.45, 2.75) is 51.9 Å². The van der Waals surface area contributed by atoms with Gasteiger partial charge in [0.2, 0.25) is 0 Å². The number of amides is 2. The number of rotatable bonds is 8. The first kappa shape index (κ1) is 29.0. The Hall–Kier alpha value is -4.49. The van der Waals surface area contributed by atoms with E-state index < -0.39 is 6.03 Å². The summed E-state index contributed by atoms with van der Waals surface area (Å²) in [4.78, 5) is 19.5. The molecule has 2 N–H and O–H groups in total. The van der Waals surface area contributed by atoms with Gasteiger partial charge in [0.15, 0.2) is 17.3 Å². The minimum absolute atomic E-state index is 0.194. The first-order valence-corrected chi connectivity index (χ1v) is 14.4. The number of carbonyl (C=O) groups excluding carboxylic acids is 1. The lowest BCUT2D eigenvalue weighted by molar-refractivity contribution is 0.202. The van der Waals surface area contributed by atoms with Crippen LogP contribution in [0.15, 0.2) is 53.3 Å². The van der Waals surface area contributed by atoms with Crippen molar-refractivity contribution in [2.24, 2.45) is 0 Å². The molecule has 0 bridgehead atoms. The van der Waals surface area contributed by atoms with Crippen LogP contribution < -0.4 is 20.1 Å². The highest BCUT2D eigenvalue weighted by Gasteiger charge is 2.20. The molecule has 10 nitrogen and oxygen atoms in total. The maximum Gasteiger partial charge on any atom is 0.324 e. The number of methoxy groups -OCH3 is 1. The van der Waals surface area contributed by atoms with Gasteiger partial charge in [-0.2, -0.15) is 0 Å². The van der Waals surface area contributed by atoms with E-state index in [1.165, 1.54) is 32.4 Å². The van der Waals surface area contributed by atoms with Crippen LogP contribution in [0.5, 0.6) is 11.5 Å². The van der Waals surface area contributed by atoms with Crippen LogP contribution in [-0.2, 0) is 5.41 Å². The van der Waals surface area contributed by atoms with Crippen molar-refractivity contribution < 1.29 is 18.8 Å². The summed E-state index contributed by atoms with van der Waals surface area (Å²) < 4.78 is 18.8. The number of ether oxygens (including phenoxy) is 2. The van der Waals surface area contributed by atoms with Gasteiger partial charge >= 0.3 is 6.03 Å². The van der Waals surface area contributed by atoms with Crippen molar-refractivity contribution in [3.8, 4) is 23.3 Å². The zero-order valence-electron chi connectivity index (χ0n) is 24.7. The van der Waals surface area contributed by atoms with Gasteiger partial charge in [-0.3, -0.25) is 5.32 Å². The average Bonchev–Trinajstić information content (AvgIpc) is 3.61. The second kappa shape index (κ2) is 13.0. The van der Waals surface area contributed by atoms with Crippen molar-refractivity contribution in [3.63, 3.8) is 0 Å². The van der Waals surface area contributed by atoms with Gasteiger partial charge in [-0.25, -0.2) is 9.78 Å². The lowest BCUT2D eigenvalue weighted by Gasteiger charge is -2.26. The minimum Gasteiger partial charge on any atom is -0.493 e. The molecule has 4 heterocycles. The highest BCUT2D eigenvalue weighted by atomic mass is 16.5. The zero-order valence-corrected chi connectivity index (χ0v) is 24.7. The van der Waals surface area contributed by atoms with Gasteiger partial charge in [0.1, 0.15) is 17.1 Å². The molecule has 5 rings (SSSR count). The van der Waals surface area contributed by atoms with Crippen LogP contribution in [0.25, 0.3) is 5.65 Å². The highest BCUT2D eigenvalue weighted by molar-refractivity contribution is 5.99. The molecule has 1 aliphatic rings. The molecule has 1 aromatic carbocycles. The molecule has 220 valence electrons. The van der Waals surface area contributed by atoms with E-state index in [0.29, 0.717) is 41.1 Å². The molecule has 4 aromatic rings. The van der Waals surface area contributed by atoms with E-state index in [0.717, 1.165) is 24.2 Å². The molecule has 0 atom stereocenters. The smallest absolute Gasteiger partial charge is 0.324 e. The fourth-order valence-electron chi connectivity index (χ4n) is 4.72. The summed E-state index contributed by atoms with van der Waals surface area (Å²) in [6, 6.07) is 10.4. The van der Waals surface area contributed by atoms with Crippen molar-refractivity contribution in [1.29, 1.82) is 0 Å². The number of pyridine rings is 1. The first-order valence-electron chi connectivity index (χ1n) is 14.4. The SMILES string of the molecule is COc1cc2nc(C#Cc3ccc(NC(=O)Nc4cc(C(C)(C)C)on4)cc3)cn2cc1OCCCN1CCCCC1. The predicted molar refractivity (Wildman–Crippen MR) is 162 cm³/mol. The zero-order chi connectivity index (χ0) is 29.5. The molecular formula is C32H38N6O4. The van der Waals surface area contributed by atoms with Gasteiger partial charge in [0, 0.05) is 41.5 Å². The Morgan fingerprint density at radius 2 is 1.81 bits per heavy atom. The maximum absolute atomic E-state index is 12.4. The third-order valence-corrected chi connectivity index (χ3v) is 7.03. The van der Waals surface area contributed by atoms with Gasteiger partial charge in [-0.05, 0) is 62.5 Å². The van der Waals surface area contributed by atoms with Crippen LogP contribution in [-0.4, -0.2) is 58.8 Å². The topological polar surface area (TPSA) is 106 Å². The molecule has 0 unspecified atom stereocenters. The average molecular weight is 571 g/mol. The molecule has 1 aliphatic heterocycles. The van der Waals surface area contributed by atoms with E-state index in [1.807, 2.05) is 55.8 Å². The number of piperidine rings is 1. The van der Waals surface area contributed by atoms with Crippen LogP contribution in [0.2, 0.25) is 0 Å². The number of imidazole rings is 1. The lowest BCUT2D eigenvalue weighted by atomic mass is 9.93. The Bertz CT molecular complexity index is 1570. The molecule has 0 spiro atoms. The van der Waals surface area contributed by atoms with E-state index in [1.54, 1.807) is 25.3 Å². The van der Waals surface area contributed by atoms with Gasteiger partial charge in [-0.1, -0.05) is 38.3 Å². The van der Waals surface area contributed by atoms with Gasteiger partial charge < -0.3 is 28.6 Å². The summed E-state index contributed by atoms with van der Waals surface area (Å²) >= 11 is 0. The number of hydrogen-bond donors (Lipinski definition) is 2. The molecule has 2 amide bonds. The molecule has 0 saturated carbocycles. The molecule has 0 radical (unpaired) electrons. The fraction of sp³-hybridized carbons (Fsp3) is 0.406. The molecule has 0 aliphatic carbocycles. The van der Waals surface area contributed by atoms with Crippen molar-refractivity contribution in [2.75, 3.05) is 44.0 Å². The summed E-state index contributed by atoms with van der Waals surface area (Å²) in [6.45, 7) is 10.1. The van der Waals surface area contributed by atoms with Crippen molar-refractivity contribution >= 4 is 23.2 Å². The van der Waals surface area contributed by atoms with Crippen LogP contribution >= 0.6 is 0 Å². The van der Waals surface area contributed by atoms with Crippen LogP contribution in [0, 0.1) is 11.8 Å². The molecule has 10 heteroatoms. The molecule has 3 aromatic heterocycles. The summed E-state index contributed by atoms with van der Waals surface area (Å²) in [5, 5.41) is 9.38. The summed E-state index contributed by atoms with van der Waals surface area (Å²) in [5.74, 6) is 8.63. The van der Waals surface area contributed by atoms with Gasteiger partial charge in [0.25, 0.3) is 0 Å². The van der Waals surface area contributed by atoms with E-state index in [4.69, 9.17) is 14.0 Å². The van der Waals surface area contributed by atoms with Gasteiger partial charge in [0.05, 0.1) is 19.9 Å². The summed E-state index contributed by atoms with van der Waals surface area (Å²) in [5.41, 5.74) is 2.58. The number of nitrogens with one attached hydrogen (secondary N) is 2. The minimum atomic E-state index is -0.409. The summed E-state index contributed by atoms with van der Waals surface area (Å²) in [7, 11) is 1.63. The molecule has 42 heavy (non-hydrogen) atoms. The lowest BCUT2D eigenvalue weighted by Crippen LogP contribution is -2.31. The molecule has 1 saturated heterocycles. The monoisotopic (exact) mass is 570 g/mol. The maximum atomic E-state index is 12.4. The number of hydrogen-bond acceptors (Lipinski definition) is 7. The third-order valence-electron chi connectivity index (χ3n) is 7.03. The fourth-order valence-corrected chi connectivity index (χ4v) is 4.72. The van der Waals surface area contributed by atoms with E-state index in [-0.39, 0.29) is 5.41 Å². The Kier molecular flexibility index (Phi) is 8.98. The first-order chi connectivity index (χ1) is 20.3. The quantitative estimate of drug-likeness (QED) is 0.200. The largest absolute Gasteiger partial charge is 0.493 e. The van der Waals surface area contributed by atoms with Crippen LogP contribution in [0.4, 0.5) is 16.3 Å². The van der Waals surface area contributed by atoms with Crippen LogP contribution in [0.3, 0.4) is 0 Å². The Balaban J connectivity index is 1.16. The van der Waals surface area contributed by atoms with E-state index >= 15 is 0 Å². The second-order valence-corrected chi connectivity index (χ2v) is 11.4. The van der Waals surface area contributed by atoms with Crippen molar-refractivity contribution in [1.82, 2.24) is 19.4 Å². The highest BCUT2D eigenvalue weighted by Crippen LogP contribution is 2.29. The number of carbonyl (C=O) groups is 1. The standard InChI is InChI=1S/C32H38N6O4/c1-32(2,3)28-20-29(36-42-28)35-31(39)34-24-12-9-23(10-13-24)11-14-25-21-38-22-27(26(40-4)19-30(38)33-25)41-18-8-17-37-15-6-5-7-16-37/h9-10,12-13,19-22H,5-8,15-18H2,1-4H3,(H2,34,35,36,39). The number of benzene rings is 1. The number of aromatic nitrogens is 3.